The van der Waals surface area contributed by atoms with E-state index in [9.17, 15) is 26.4 Å². The van der Waals surface area contributed by atoms with E-state index in [0.29, 0.717) is 58.4 Å². The van der Waals surface area contributed by atoms with Crippen LogP contribution in [0.4, 0.5) is 24.8 Å². The summed E-state index contributed by atoms with van der Waals surface area (Å²) >= 11 is 0. The third-order valence-corrected chi connectivity index (χ3v) is 10.9. The van der Waals surface area contributed by atoms with Crippen LogP contribution in [-0.4, -0.2) is 77.8 Å². The van der Waals surface area contributed by atoms with E-state index < -0.39 is 27.5 Å². The number of carbonyl (C=O) groups is 1. The van der Waals surface area contributed by atoms with Gasteiger partial charge in [-0.2, -0.15) is 21.6 Å². The van der Waals surface area contributed by atoms with Gasteiger partial charge in [0.1, 0.15) is 11.6 Å². The summed E-state index contributed by atoms with van der Waals surface area (Å²) in [4.78, 5) is 25.3. The van der Waals surface area contributed by atoms with Gasteiger partial charge in [0, 0.05) is 38.9 Å². The van der Waals surface area contributed by atoms with Gasteiger partial charge in [-0.1, -0.05) is 6.07 Å². The predicted octanol–water partition coefficient (Wildman–Crippen LogP) is 4.88. The molecule has 1 saturated carbocycles. The minimum atomic E-state index is -4.29. The molecule has 6 rings (SSSR count). The molecule has 242 valence electrons. The highest BCUT2D eigenvalue weighted by molar-refractivity contribution is 7.89. The summed E-state index contributed by atoms with van der Waals surface area (Å²) in [7, 11) is -3.07. The molecule has 1 unspecified atom stereocenters. The first kappa shape index (κ1) is 31.1. The second-order valence-electron chi connectivity index (χ2n) is 12.2. The van der Waals surface area contributed by atoms with Gasteiger partial charge in [0.2, 0.25) is 5.88 Å². The number of nitrogens with zero attached hydrogens (tertiary/aromatic N) is 6. The maximum atomic E-state index is 14.1. The van der Waals surface area contributed by atoms with E-state index in [1.165, 1.54) is 17.8 Å². The molecule has 5 heterocycles. The topological polar surface area (TPSA) is 123 Å². The third-order valence-electron chi connectivity index (χ3n) is 9.30. The van der Waals surface area contributed by atoms with Crippen LogP contribution in [0.1, 0.15) is 60.0 Å². The number of hydrogen-bond acceptors (Lipinski definition) is 9. The van der Waals surface area contributed by atoms with Gasteiger partial charge >= 0.3 is 6.18 Å². The summed E-state index contributed by atoms with van der Waals surface area (Å²) in [6.45, 7) is 5.30. The lowest BCUT2D eigenvalue weighted by atomic mass is 10.0. The Morgan fingerprint density at radius 3 is 2.60 bits per heavy atom. The summed E-state index contributed by atoms with van der Waals surface area (Å²) in [5.41, 5.74) is -0.354. The van der Waals surface area contributed by atoms with Crippen LogP contribution in [0.5, 0.6) is 5.88 Å². The first-order valence-electron chi connectivity index (χ1n) is 15.1. The summed E-state index contributed by atoms with van der Waals surface area (Å²) < 4.78 is 74.9. The van der Waals surface area contributed by atoms with Crippen molar-refractivity contribution in [3.63, 3.8) is 0 Å². The standard InChI is InChI=1S/C30H36F3N7O4S/c1-19-20(2)26(40-16-10-23(37-40)44-17-13-29(11-12-29)30(31,32)33)36-27-25(19)28(41)38(3)45(42,43)24-8-4-7-22(35-24)34-14-5-6-21-9-15-39(27)18-21/h4,7-8,10,16,21H,5-6,9,11-15,17-18H2,1-3H3,(H,34,35). The minimum Gasteiger partial charge on any atom is -0.477 e. The van der Waals surface area contributed by atoms with Crippen molar-refractivity contribution in [2.45, 2.75) is 63.6 Å². The molecule has 4 bridgehead atoms. The molecule has 3 aliphatic rings. The zero-order chi connectivity index (χ0) is 32.1. The van der Waals surface area contributed by atoms with E-state index in [1.54, 1.807) is 38.2 Å². The lowest BCUT2D eigenvalue weighted by Gasteiger charge is -2.26. The Morgan fingerprint density at radius 2 is 1.87 bits per heavy atom. The highest BCUT2D eigenvalue weighted by Gasteiger charge is 2.62. The summed E-state index contributed by atoms with van der Waals surface area (Å²) in [5, 5.41) is 7.38. The Kier molecular flexibility index (Phi) is 7.94. The molecule has 0 aromatic carbocycles. The van der Waals surface area contributed by atoms with E-state index in [4.69, 9.17) is 9.72 Å². The molecule has 2 aliphatic heterocycles. The van der Waals surface area contributed by atoms with E-state index in [1.807, 2.05) is 4.90 Å². The van der Waals surface area contributed by atoms with Crippen LogP contribution in [0.25, 0.3) is 5.82 Å². The molecular formula is C30H36F3N7O4S. The second kappa shape index (κ2) is 11.5. The van der Waals surface area contributed by atoms with E-state index in [0.717, 1.165) is 19.3 Å². The number of fused-ring (bicyclic) bond motifs is 6. The SMILES string of the molecule is Cc1c(-n2ccc(OCCC3(C(F)(F)F)CC3)n2)nc2c(c1C)C(=O)N(C)S(=O)(=O)c1cccc(n1)NCCCC1CCN2C1. The van der Waals surface area contributed by atoms with Gasteiger partial charge in [-0.05, 0) is 81.5 Å². The van der Waals surface area contributed by atoms with Crippen molar-refractivity contribution < 1.29 is 31.1 Å². The van der Waals surface area contributed by atoms with Crippen molar-refractivity contribution in [1.82, 2.24) is 24.1 Å². The molecule has 3 aromatic heterocycles. The number of anilines is 2. The number of rotatable bonds is 5. The zero-order valence-corrected chi connectivity index (χ0v) is 26.2. The van der Waals surface area contributed by atoms with Crippen LogP contribution in [0, 0.1) is 25.2 Å². The molecule has 1 amide bonds. The van der Waals surface area contributed by atoms with Gasteiger partial charge in [-0.15, -0.1) is 5.10 Å². The number of sulfonamides is 1. The molecule has 0 spiro atoms. The van der Waals surface area contributed by atoms with E-state index in [-0.39, 0.29) is 42.3 Å². The largest absolute Gasteiger partial charge is 0.477 e. The smallest absolute Gasteiger partial charge is 0.394 e. The van der Waals surface area contributed by atoms with Crippen LogP contribution in [0.3, 0.4) is 0 Å². The molecule has 1 saturated heterocycles. The Morgan fingerprint density at radius 1 is 1.09 bits per heavy atom. The highest BCUT2D eigenvalue weighted by Crippen LogP contribution is 2.59. The molecule has 0 radical (unpaired) electrons. The Hall–Kier alpha value is -3.88. The quantitative estimate of drug-likeness (QED) is 0.413. The lowest BCUT2D eigenvalue weighted by molar-refractivity contribution is -0.190. The van der Waals surface area contributed by atoms with E-state index >= 15 is 0 Å². The van der Waals surface area contributed by atoms with Crippen LogP contribution in [-0.2, 0) is 10.0 Å². The summed E-state index contributed by atoms with van der Waals surface area (Å²) in [6.07, 6.45) is 0.112. The average molecular weight is 648 g/mol. The number of hydrogen-bond donors (Lipinski definition) is 1. The number of nitrogens with one attached hydrogen (secondary N) is 1. The van der Waals surface area contributed by atoms with Gasteiger partial charge in [0.05, 0.1) is 17.6 Å². The van der Waals surface area contributed by atoms with Crippen molar-refractivity contribution >= 4 is 27.6 Å². The molecule has 1 atom stereocenters. The van der Waals surface area contributed by atoms with Gasteiger partial charge < -0.3 is 15.0 Å². The van der Waals surface area contributed by atoms with Crippen LogP contribution in [0.15, 0.2) is 35.5 Å². The van der Waals surface area contributed by atoms with Crippen molar-refractivity contribution in [3.05, 3.63) is 47.2 Å². The van der Waals surface area contributed by atoms with Crippen molar-refractivity contribution in [2.24, 2.45) is 11.3 Å². The number of ether oxygens (including phenoxy) is 1. The van der Waals surface area contributed by atoms with Crippen molar-refractivity contribution in [1.29, 1.82) is 0 Å². The Bertz CT molecular complexity index is 1720. The molecule has 11 nitrogen and oxygen atoms in total. The minimum absolute atomic E-state index is 0.109. The second-order valence-corrected chi connectivity index (χ2v) is 14.1. The van der Waals surface area contributed by atoms with Crippen molar-refractivity contribution in [2.75, 3.05) is 43.5 Å². The summed E-state index contributed by atoms with van der Waals surface area (Å²) in [6, 6.07) is 6.21. The molecule has 45 heavy (non-hydrogen) atoms. The number of aromatic nitrogens is 4. The van der Waals surface area contributed by atoms with Gasteiger partial charge in [0.15, 0.2) is 10.8 Å². The lowest BCUT2D eigenvalue weighted by Crippen LogP contribution is -2.36. The van der Waals surface area contributed by atoms with E-state index in [2.05, 4.69) is 15.4 Å². The first-order valence-corrected chi connectivity index (χ1v) is 16.5. The number of alkyl halides is 3. The normalized spacial score (nSPS) is 21.0. The third kappa shape index (κ3) is 5.82. The predicted molar refractivity (Wildman–Crippen MR) is 160 cm³/mol. The Balaban J connectivity index is 1.35. The molecule has 3 aromatic rings. The fourth-order valence-electron chi connectivity index (χ4n) is 6.08. The van der Waals surface area contributed by atoms with Crippen LogP contribution >= 0.6 is 0 Å². The maximum absolute atomic E-state index is 14.1. The number of pyridine rings is 2. The molecule has 2 fully saturated rings. The van der Waals surface area contributed by atoms with Crippen molar-refractivity contribution in [3.8, 4) is 11.7 Å². The maximum Gasteiger partial charge on any atom is 0.394 e. The van der Waals surface area contributed by atoms with Gasteiger partial charge in [-0.25, -0.2) is 19.0 Å². The number of amides is 1. The molecule has 1 N–H and O–H groups in total. The molecule has 15 heteroatoms. The van der Waals surface area contributed by atoms with Crippen LogP contribution in [0.2, 0.25) is 0 Å². The fraction of sp³-hybridized carbons (Fsp3) is 0.533. The highest BCUT2D eigenvalue weighted by atomic mass is 32.2. The molecular weight excluding hydrogens is 611 g/mol. The zero-order valence-electron chi connectivity index (χ0n) is 25.4. The number of carbonyl (C=O) groups excluding carboxylic acids is 1. The Labute approximate surface area is 259 Å². The number of halogens is 3. The molecule has 1 aliphatic carbocycles. The fourth-order valence-corrected chi connectivity index (χ4v) is 7.14. The van der Waals surface area contributed by atoms with Gasteiger partial charge in [0.25, 0.3) is 15.9 Å². The van der Waals surface area contributed by atoms with Gasteiger partial charge in [-0.3, -0.25) is 4.79 Å². The first-order chi connectivity index (χ1) is 21.3. The average Bonchev–Trinajstić information content (AvgIpc) is 3.43. The monoisotopic (exact) mass is 647 g/mol. The van der Waals surface area contributed by atoms with Crippen LogP contribution < -0.4 is 15.0 Å². The summed E-state index contributed by atoms with van der Waals surface area (Å²) in [5.74, 6) is 0.974.